The van der Waals surface area contributed by atoms with Crippen LogP contribution < -0.4 is 0 Å². The minimum absolute atomic E-state index is 0.0856. The van der Waals surface area contributed by atoms with Gasteiger partial charge in [0, 0.05) is 24.8 Å². The Kier molecular flexibility index (Phi) is 9.87. The molecule has 0 aromatic heterocycles. The van der Waals surface area contributed by atoms with Gasteiger partial charge in [-0.1, -0.05) is 23.8 Å². The third-order valence-electron chi connectivity index (χ3n) is 4.37. The van der Waals surface area contributed by atoms with Crippen LogP contribution in [-0.2, 0) is 0 Å². The molecule has 3 aliphatic rings. The maximum Gasteiger partial charge on any atom is 0.412 e. The Labute approximate surface area is 161 Å². The fourth-order valence-electron chi connectivity index (χ4n) is 2.88. The lowest BCUT2D eigenvalue weighted by atomic mass is 10.2. The van der Waals surface area contributed by atoms with Gasteiger partial charge in [0.1, 0.15) is 0 Å². The smallest absolute Gasteiger partial charge is 0.392 e. The Morgan fingerprint density at radius 2 is 1.46 bits per heavy atom. The van der Waals surface area contributed by atoms with Crippen molar-refractivity contribution in [2.45, 2.75) is 75.9 Å². The van der Waals surface area contributed by atoms with Crippen LogP contribution in [0.3, 0.4) is 0 Å². The third kappa shape index (κ3) is 9.00. The topological polar surface area (TPSA) is 60.7 Å². The maximum absolute atomic E-state index is 11.8. The molecule has 0 amide bonds. The van der Waals surface area contributed by atoms with Crippen molar-refractivity contribution in [2.24, 2.45) is 0 Å². The van der Waals surface area contributed by atoms with Gasteiger partial charge in [0.25, 0.3) is 6.43 Å². The molecule has 0 saturated heterocycles. The molecular formula is C20H25F5O3. The molecule has 0 saturated carbocycles. The molecule has 0 aromatic carbocycles. The molecule has 3 nitrogen and oxygen atoms in total. The van der Waals surface area contributed by atoms with Gasteiger partial charge in [-0.3, -0.25) is 0 Å². The van der Waals surface area contributed by atoms with Gasteiger partial charge in [0.05, 0.1) is 18.3 Å². The molecule has 0 aliphatic heterocycles. The molecule has 28 heavy (non-hydrogen) atoms. The summed E-state index contributed by atoms with van der Waals surface area (Å²) >= 11 is 0. The van der Waals surface area contributed by atoms with Gasteiger partial charge in [0.2, 0.25) is 0 Å². The molecular weight excluding hydrogens is 383 g/mol. The molecule has 158 valence electrons. The highest BCUT2D eigenvalue weighted by Crippen LogP contribution is 2.33. The maximum atomic E-state index is 11.8. The molecule has 3 unspecified atom stereocenters. The summed E-state index contributed by atoms with van der Waals surface area (Å²) < 4.78 is 58.7. The Bertz CT molecular complexity index is 629. The Hall–Kier alpha value is -1.69. The Morgan fingerprint density at radius 3 is 1.75 bits per heavy atom. The third-order valence-corrected chi connectivity index (χ3v) is 4.37. The molecule has 3 atom stereocenters. The fourth-order valence-corrected chi connectivity index (χ4v) is 2.88. The second-order valence-corrected chi connectivity index (χ2v) is 6.83. The van der Waals surface area contributed by atoms with Crippen LogP contribution in [0.25, 0.3) is 0 Å². The number of hydrogen-bond acceptors (Lipinski definition) is 3. The lowest BCUT2D eigenvalue weighted by Gasteiger charge is -2.06. The van der Waals surface area contributed by atoms with E-state index in [1.165, 1.54) is 11.6 Å². The predicted octanol–water partition coefficient (Wildman–Crippen LogP) is 4.05. The van der Waals surface area contributed by atoms with Crippen LogP contribution >= 0.6 is 0 Å². The van der Waals surface area contributed by atoms with Crippen LogP contribution in [0.5, 0.6) is 0 Å². The Balaban J connectivity index is 0.000000210. The summed E-state index contributed by atoms with van der Waals surface area (Å²) in [6, 6.07) is 0. The largest absolute Gasteiger partial charge is 0.412 e. The van der Waals surface area contributed by atoms with Crippen molar-refractivity contribution in [3.8, 4) is 12.3 Å². The van der Waals surface area contributed by atoms with Crippen LogP contribution in [0.4, 0.5) is 22.0 Å². The zero-order valence-electron chi connectivity index (χ0n) is 15.3. The van der Waals surface area contributed by atoms with Gasteiger partial charge >= 0.3 is 6.18 Å². The summed E-state index contributed by atoms with van der Waals surface area (Å²) in [7, 11) is 0. The molecule has 3 N–H and O–H groups in total. The number of rotatable bonds is 2. The number of terminal acetylenes is 1. The van der Waals surface area contributed by atoms with Crippen LogP contribution in [0.1, 0.15) is 44.9 Å². The second kappa shape index (κ2) is 11.3. The van der Waals surface area contributed by atoms with E-state index in [1.54, 1.807) is 0 Å². The van der Waals surface area contributed by atoms with Crippen molar-refractivity contribution in [3.63, 3.8) is 0 Å². The highest BCUT2D eigenvalue weighted by molar-refractivity contribution is 5.17. The zero-order valence-corrected chi connectivity index (χ0v) is 15.3. The minimum atomic E-state index is -4.24. The lowest BCUT2D eigenvalue weighted by molar-refractivity contribution is -0.0948. The normalized spacial score (nSPS) is 26.4. The molecule has 0 fully saturated rings. The van der Waals surface area contributed by atoms with E-state index in [2.05, 4.69) is 5.92 Å². The Morgan fingerprint density at radius 1 is 0.929 bits per heavy atom. The summed E-state index contributed by atoms with van der Waals surface area (Å²) in [6.45, 7) is 0. The van der Waals surface area contributed by atoms with Gasteiger partial charge in [-0.05, 0) is 31.3 Å². The first-order chi connectivity index (χ1) is 13.0. The van der Waals surface area contributed by atoms with Gasteiger partial charge in [-0.15, -0.1) is 12.3 Å². The van der Waals surface area contributed by atoms with Crippen LogP contribution in [-0.4, -0.2) is 46.2 Å². The van der Waals surface area contributed by atoms with E-state index in [9.17, 15) is 22.0 Å². The standard InChI is InChI=1S/C8H10O.C6H7F3O.C6H8F2O/c1-2-3-7-4-5-8(9)6-7;7-6(8,9)4-1-2-5(10)3-4;7-6(8)4-1-2-5(9)3-4/h1,4,8-9H,3,5-6H2;1,5,10H,2-3H2;1,5-6,9H,2-3H2. The molecule has 3 rings (SSSR count). The zero-order chi connectivity index (χ0) is 21.3. The second-order valence-electron chi connectivity index (χ2n) is 6.83. The fraction of sp³-hybridized carbons (Fsp3) is 0.600. The first kappa shape index (κ1) is 24.3. The lowest BCUT2D eigenvalue weighted by Crippen LogP contribution is -2.12. The van der Waals surface area contributed by atoms with Crippen LogP contribution in [0.2, 0.25) is 0 Å². The van der Waals surface area contributed by atoms with E-state index in [0.717, 1.165) is 18.9 Å². The first-order valence-corrected chi connectivity index (χ1v) is 8.91. The van der Waals surface area contributed by atoms with Gasteiger partial charge in [0.15, 0.2) is 0 Å². The molecule has 0 radical (unpaired) electrons. The van der Waals surface area contributed by atoms with Crippen molar-refractivity contribution in [3.05, 3.63) is 34.9 Å². The molecule has 0 spiro atoms. The van der Waals surface area contributed by atoms with E-state index in [0.29, 0.717) is 12.8 Å². The average molecular weight is 408 g/mol. The SMILES string of the molecule is C#CCC1=CCC(O)C1.OC1CC=C(C(F)(F)F)C1.OC1CC=C(C(F)F)C1. The van der Waals surface area contributed by atoms with Gasteiger partial charge in [-0.25, -0.2) is 8.78 Å². The van der Waals surface area contributed by atoms with E-state index in [4.69, 9.17) is 21.7 Å². The van der Waals surface area contributed by atoms with Crippen molar-refractivity contribution in [2.75, 3.05) is 0 Å². The molecule has 8 heteroatoms. The van der Waals surface area contributed by atoms with E-state index in [-0.39, 0.29) is 30.9 Å². The summed E-state index contributed by atoms with van der Waals surface area (Å²) in [5, 5.41) is 26.5. The van der Waals surface area contributed by atoms with Crippen molar-refractivity contribution < 1.29 is 37.3 Å². The summed E-state index contributed by atoms with van der Waals surface area (Å²) in [5.74, 6) is 2.55. The first-order valence-electron chi connectivity index (χ1n) is 8.91. The number of aliphatic hydroxyl groups is 3. The molecule has 0 bridgehead atoms. The minimum Gasteiger partial charge on any atom is -0.392 e. The summed E-state index contributed by atoms with van der Waals surface area (Å²) in [6.07, 6.45) is 4.12. The van der Waals surface area contributed by atoms with E-state index >= 15 is 0 Å². The van der Waals surface area contributed by atoms with Crippen LogP contribution in [0.15, 0.2) is 34.9 Å². The monoisotopic (exact) mass is 408 g/mol. The number of aliphatic hydroxyl groups excluding tert-OH is 3. The van der Waals surface area contributed by atoms with Crippen LogP contribution in [0, 0.1) is 12.3 Å². The van der Waals surface area contributed by atoms with Crippen molar-refractivity contribution in [1.82, 2.24) is 0 Å². The number of hydrogen-bond donors (Lipinski definition) is 3. The summed E-state index contributed by atoms with van der Waals surface area (Å²) in [5.41, 5.74) is 0.701. The van der Waals surface area contributed by atoms with Crippen molar-refractivity contribution >= 4 is 0 Å². The highest BCUT2D eigenvalue weighted by Gasteiger charge is 2.36. The average Bonchev–Trinajstić information content (AvgIpc) is 3.30. The van der Waals surface area contributed by atoms with Gasteiger partial charge < -0.3 is 15.3 Å². The predicted molar refractivity (Wildman–Crippen MR) is 95.5 cm³/mol. The number of halogens is 5. The molecule has 3 aliphatic carbocycles. The molecule has 0 heterocycles. The van der Waals surface area contributed by atoms with E-state index in [1.807, 2.05) is 6.08 Å². The molecule has 0 aromatic rings. The van der Waals surface area contributed by atoms with E-state index < -0.39 is 30.4 Å². The number of alkyl halides is 5. The quantitative estimate of drug-likeness (QED) is 0.367. The highest BCUT2D eigenvalue weighted by atomic mass is 19.4. The summed E-state index contributed by atoms with van der Waals surface area (Å²) in [4.78, 5) is 0. The van der Waals surface area contributed by atoms with Crippen molar-refractivity contribution in [1.29, 1.82) is 0 Å². The van der Waals surface area contributed by atoms with Gasteiger partial charge in [-0.2, -0.15) is 13.2 Å².